The second-order valence-electron chi connectivity index (χ2n) is 15.4. The molecule has 1 aliphatic rings. The SMILES string of the molecule is CCCCCCCCCCCCCCCC(=O)OC[C@H](CO[C@H]1O[C@H](CS(=O)(=O)[O-])[C@@H](O)[C@H](O)[C@H]1O)OC(=O)CCCCCCCCCCCCCCC.[Na+]. The maximum atomic E-state index is 12.8. The summed E-state index contributed by atoms with van der Waals surface area (Å²) in [5.41, 5.74) is 0. The van der Waals surface area contributed by atoms with Crippen LogP contribution in [0, 0.1) is 0 Å². The molecule has 12 nitrogen and oxygen atoms in total. The molecule has 0 spiro atoms. The molecule has 0 aromatic heterocycles. The van der Waals surface area contributed by atoms with E-state index in [1.54, 1.807) is 0 Å². The summed E-state index contributed by atoms with van der Waals surface area (Å²) in [7, 11) is -4.84. The van der Waals surface area contributed by atoms with Crippen molar-refractivity contribution in [2.75, 3.05) is 19.0 Å². The predicted octanol–water partition coefficient (Wildman–Crippen LogP) is 4.78. The Morgan fingerprint density at radius 2 is 0.964 bits per heavy atom. The Balaban J connectivity index is 0.0000292. The van der Waals surface area contributed by atoms with Crippen LogP contribution in [-0.4, -0.2) is 96.0 Å². The van der Waals surface area contributed by atoms with Gasteiger partial charge in [-0.25, -0.2) is 8.42 Å². The van der Waals surface area contributed by atoms with Gasteiger partial charge in [0.1, 0.15) is 31.0 Å². The summed E-state index contributed by atoms with van der Waals surface area (Å²) in [6.45, 7) is 3.73. The number of esters is 2. The summed E-state index contributed by atoms with van der Waals surface area (Å²) in [4.78, 5) is 25.3. The van der Waals surface area contributed by atoms with Gasteiger partial charge in [-0.15, -0.1) is 0 Å². The molecule has 1 saturated heterocycles. The molecule has 0 aromatic rings. The predicted molar refractivity (Wildman–Crippen MR) is 209 cm³/mol. The third-order valence-electron chi connectivity index (χ3n) is 10.2. The van der Waals surface area contributed by atoms with Gasteiger partial charge < -0.3 is 38.8 Å². The van der Waals surface area contributed by atoms with Crippen LogP contribution in [0.5, 0.6) is 0 Å². The van der Waals surface area contributed by atoms with E-state index >= 15 is 0 Å². The smallest absolute Gasteiger partial charge is 0.748 e. The standard InChI is InChI=1S/C41H78O12S.Na/c1-3-5-7-9-11-13-15-17-19-21-23-25-27-29-36(42)50-31-34(32-51-41-40(46)39(45)38(44)35(53-41)33-54(47,48)49)52-37(43)30-28-26-24-22-20-18-16-14-12-10-8-6-4-2;/h34-35,38-41,44-46H,3-33H2,1-2H3,(H,47,48,49);/q;+1/p-1/t34-,35-,38-,39+,40-,41+;/m1./s1. The number of carbonyl (C=O) groups is 2. The molecule has 0 saturated carbocycles. The fourth-order valence-electron chi connectivity index (χ4n) is 6.79. The van der Waals surface area contributed by atoms with Gasteiger partial charge in [-0.05, 0) is 12.8 Å². The molecule has 0 unspecified atom stereocenters. The molecule has 1 heterocycles. The number of rotatable bonds is 36. The van der Waals surface area contributed by atoms with Crippen molar-refractivity contribution in [3.63, 3.8) is 0 Å². The van der Waals surface area contributed by atoms with Crippen LogP contribution < -0.4 is 29.6 Å². The van der Waals surface area contributed by atoms with Gasteiger partial charge in [0, 0.05) is 12.8 Å². The van der Waals surface area contributed by atoms with E-state index in [-0.39, 0.29) is 49.0 Å². The second-order valence-corrected chi connectivity index (χ2v) is 16.8. The minimum absolute atomic E-state index is 0. The average molecular weight is 817 g/mol. The molecule has 3 N–H and O–H groups in total. The van der Waals surface area contributed by atoms with Crippen LogP contribution in [0.15, 0.2) is 0 Å². The van der Waals surface area contributed by atoms with Gasteiger partial charge in [0.05, 0.1) is 22.5 Å². The molecule has 0 aliphatic carbocycles. The minimum atomic E-state index is -4.84. The van der Waals surface area contributed by atoms with E-state index in [0.29, 0.717) is 12.8 Å². The topological polar surface area (TPSA) is 189 Å². The molecular formula is C41H77NaO12S. The van der Waals surface area contributed by atoms with Gasteiger partial charge >= 0.3 is 41.5 Å². The van der Waals surface area contributed by atoms with Crippen LogP contribution >= 0.6 is 0 Å². The van der Waals surface area contributed by atoms with Crippen molar-refractivity contribution in [2.24, 2.45) is 0 Å². The van der Waals surface area contributed by atoms with Gasteiger partial charge in [-0.3, -0.25) is 9.59 Å². The maximum absolute atomic E-state index is 12.8. The first-order valence-corrected chi connectivity index (χ1v) is 23.2. The van der Waals surface area contributed by atoms with Crippen molar-refractivity contribution >= 4 is 22.1 Å². The quantitative estimate of drug-likeness (QED) is 0.0341. The zero-order chi connectivity index (χ0) is 39.9. The summed E-state index contributed by atoms with van der Waals surface area (Å²) in [5.74, 6) is -2.09. The molecule has 0 bridgehead atoms. The van der Waals surface area contributed by atoms with Crippen molar-refractivity contribution in [3.8, 4) is 0 Å². The molecule has 55 heavy (non-hydrogen) atoms. The number of hydrogen-bond acceptors (Lipinski definition) is 12. The maximum Gasteiger partial charge on any atom is 1.00 e. The average Bonchev–Trinajstić information content (AvgIpc) is 3.13. The van der Waals surface area contributed by atoms with Crippen LogP contribution in [0.1, 0.15) is 194 Å². The first-order valence-electron chi connectivity index (χ1n) is 21.6. The van der Waals surface area contributed by atoms with Crippen LogP contribution in [0.25, 0.3) is 0 Å². The van der Waals surface area contributed by atoms with E-state index in [2.05, 4.69) is 13.8 Å². The van der Waals surface area contributed by atoms with E-state index in [1.165, 1.54) is 116 Å². The van der Waals surface area contributed by atoms with E-state index in [9.17, 15) is 37.9 Å². The Bertz CT molecular complexity index is 1030. The molecule has 1 fully saturated rings. The van der Waals surface area contributed by atoms with Gasteiger partial charge in [-0.1, -0.05) is 168 Å². The number of hydrogen-bond donors (Lipinski definition) is 3. The first kappa shape index (κ1) is 54.6. The summed E-state index contributed by atoms with van der Waals surface area (Å²) >= 11 is 0. The van der Waals surface area contributed by atoms with Crippen molar-refractivity contribution in [2.45, 2.75) is 230 Å². The normalized spacial score (nSPS) is 20.5. The zero-order valence-electron chi connectivity index (χ0n) is 34.8. The van der Waals surface area contributed by atoms with E-state index in [0.717, 1.165) is 38.5 Å². The molecule has 320 valence electrons. The first-order chi connectivity index (χ1) is 26.0. The third-order valence-corrected chi connectivity index (χ3v) is 10.9. The third kappa shape index (κ3) is 30.4. The van der Waals surface area contributed by atoms with Gasteiger partial charge in [0.2, 0.25) is 0 Å². The summed E-state index contributed by atoms with van der Waals surface area (Å²) in [6, 6.07) is 0. The molecule has 14 heteroatoms. The molecule has 0 amide bonds. The van der Waals surface area contributed by atoms with Gasteiger partial charge in [0.15, 0.2) is 12.4 Å². The van der Waals surface area contributed by atoms with Crippen molar-refractivity contribution in [1.29, 1.82) is 0 Å². The fourth-order valence-corrected chi connectivity index (χ4v) is 7.47. The number of aliphatic hydroxyl groups is 3. The summed E-state index contributed by atoms with van der Waals surface area (Å²) < 4.78 is 55.7. The largest absolute Gasteiger partial charge is 1.00 e. The minimum Gasteiger partial charge on any atom is -0.748 e. The number of carbonyl (C=O) groups excluding carboxylic acids is 2. The van der Waals surface area contributed by atoms with Crippen LogP contribution in [-0.2, 0) is 38.7 Å². The number of aliphatic hydroxyl groups excluding tert-OH is 3. The number of unbranched alkanes of at least 4 members (excludes halogenated alkanes) is 24. The van der Waals surface area contributed by atoms with E-state index < -0.39 is 71.2 Å². The van der Waals surface area contributed by atoms with Gasteiger partial charge in [0.25, 0.3) is 0 Å². The van der Waals surface area contributed by atoms with E-state index in [1.807, 2.05) is 0 Å². The summed E-state index contributed by atoms with van der Waals surface area (Å²) in [5, 5.41) is 30.7. The van der Waals surface area contributed by atoms with Crippen molar-refractivity contribution in [1.82, 2.24) is 0 Å². The number of ether oxygens (including phenoxy) is 4. The molecule has 1 rings (SSSR count). The van der Waals surface area contributed by atoms with Crippen molar-refractivity contribution < 1.29 is 86.4 Å². The fraction of sp³-hybridized carbons (Fsp3) is 0.951. The van der Waals surface area contributed by atoms with Crippen LogP contribution in [0.3, 0.4) is 0 Å². The van der Waals surface area contributed by atoms with Crippen molar-refractivity contribution in [3.05, 3.63) is 0 Å². The Hall–Kier alpha value is -0.350. The van der Waals surface area contributed by atoms with Gasteiger partial charge in [-0.2, -0.15) is 0 Å². The molecule has 0 aromatic carbocycles. The second kappa shape index (κ2) is 35.6. The molecular weight excluding hydrogens is 739 g/mol. The Labute approximate surface area is 356 Å². The summed E-state index contributed by atoms with van der Waals surface area (Å²) in [6.07, 6.45) is 21.2. The Morgan fingerprint density at radius 1 is 0.582 bits per heavy atom. The monoisotopic (exact) mass is 817 g/mol. The Morgan fingerprint density at radius 3 is 1.36 bits per heavy atom. The van der Waals surface area contributed by atoms with E-state index in [4.69, 9.17) is 18.9 Å². The Kier molecular flexibility index (Phi) is 35.4. The molecule has 6 atom stereocenters. The molecule has 1 aliphatic heterocycles. The van der Waals surface area contributed by atoms with Crippen LogP contribution in [0.2, 0.25) is 0 Å². The zero-order valence-corrected chi connectivity index (χ0v) is 37.6. The van der Waals surface area contributed by atoms with Crippen LogP contribution in [0.4, 0.5) is 0 Å². The molecule has 0 radical (unpaired) electrons.